The highest BCUT2D eigenvalue weighted by molar-refractivity contribution is 5.76. The number of hydrogen-bond donors (Lipinski definition) is 3. The quantitative estimate of drug-likeness (QED) is 0.0417. The molecule has 490 valence electrons. The molecule has 6 heteroatoms. The Bertz CT molecular complexity index is 1200. The van der Waals surface area contributed by atoms with E-state index >= 15 is 0 Å². The Balaban J connectivity index is 3.32. The lowest BCUT2D eigenvalue weighted by molar-refractivity contribution is -0.143. The average molecular weight is 1160 g/mol. The summed E-state index contributed by atoms with van der Waals surface area (Å²) in [5, 5.41) is 23.4. The van der Waals surface area contributed by atoms with Crippen LogP contribution in [0.2, 0.25) is 0 Å². The van der Waals surface area contributed by atoms with E-state index in [1.54, 1.807) is 0 Å². The molecule has 0 aliphatic heterocycles. The van der Waals surface area contributed by atoms with Gasteiger partial charge in [-0.25, -0.2) is 0 Å². The van der Waals surface area contributed by atoms with Crippen LogP contribution < -0.4 is 5.32 Å². The lowest BCUT2D eigenvalue weighted by atomic mass is 10.0. The Morgan fingerprint density at radius 3 is 0.744 bits per heavy atom. The molecule has 0 spiro atoms. The van der Waals surface area contributed by atoms with Crippen LogP contribution in [0, 0.1) is 0 Å². The van der Waals surface area contributed by atoms with E-state index in [0.717, 1.165) is 38.5 Å². The van der Waals surface area contributed by atoms with Gasteiger partial charge in [0.25, 0.3) is 0 Å². The number of amides is 1. The van der Waals surface area contributed by atoms with Gasteiger partial charge in [-0.2, -0.15) is 0 Å². The highest BCUT2D eigenvalue weighted by Crippen LogP contribution is 2.20. The summed E-state index contributed by atoms with van der Waals surface area (Å²) in [6, 6.07) is -0.539. The number of hydrogen-bond acceptors (Lipinski definition) is 5. The number of esters is 1. The van der Waals surface area contributed by atoms with Gasteiger partial charge in [0.1, 0.15) is 0 Å². The first kappa shape index (κ1) is 80.9. The molecule has 1 amide bonds. The van der Waals surface area contributed by atoms with Crippen molar-refractivity contribution in [2.24, 2.45) is 0 Å². The Labute approximate surface area is 515 Å². The first-order valence-corrected chi connectivity index (χ1v) is 38.3. The molecule has 0 saturated carbocycles. The van der Waals surface area contributed by atoms with Crippen LogP contribution in [-0.4, -0.2) is 47.4 Å². The lowest BCUT2D eigenvalue weighted by Gasteiger charge is -2.22. The molecular formula is C76H151NO5. The maximum Gasteiger partial charge on any atom is 0.305 e. The molecule has 0 fully saturated rings. The highest BCUT2D eigenvalue weighted by Gasteiger charge is 2.20. The van der Waals surface area contributed by atoms with E-state index in [1.165, 1.54) is 379 Å². The Hall–Kier alpha value is -1.14. The van der Waals surface area contributed by atoms with Crippen molar-refractivity contribution in [2.45, 2.75) is 463 Å². The Morgan fingerprint density at radius 1 is 0.293 bits per heavy atom. The molecule has 0 aliphatic carbocycles. The molecule has 0 heterocycles. The maximum atomic E-state index is 12.6. The molecule has 0 saturated heterocycles. The normalized spacial score (nSPS) is 12.4. The van der Waals surface area contributed by atoms with E-state index in [1.807, 2.05) is 0 Å². The molecule has 2 atom stereocenters. The van der Waals surface area contributed by atoms with Crippen molar-refractivity contribution in [3.8, 4) is 0 Å². The van der Waals surface area contributed by atoms with Crippen molar-refractivity contribution < 1.29 is 24.5 Å². The molecule has 0 rings (SSSR count). The van der Waals surface area contributed by atoms with Gasteiger partial charge < -0.3 is 20.3 Å². The molecular weight excluding hydrogens is 1010 g/mol. The van der Waals surface area contributed by atoms with Crippen molar-refractivity contribution in [2.75, 3.05) is 13.2 Å². The largest absolute Gasteiger partial charge is 0.466 e. The van der Waals surface area contributed by atoms with E-state index < -0.39 is 12.1 Å². The summed E-state index contributed by atoms with van der Waals surface area (Å²) < 4.78 is 5.52. The number of carbonyl (C=O) groups is 2. The zero-order chi connectivity index (χ0) is 59.2. The smallest absolute Gasteiger partial charge is 0.305 e. The highest BCUT2D eigenvalue weighted by atomic mass is 16.5. The minimum absolute atomic E-state index is 0.0241. The van der Waals surface area contributed by atoms with Gasteiger partial charge in [-0.3, -0.25) is 9.59 Å². The summed E-state index contributed by atoms with van der Waals surface area (Å²) in [4.78, 5) is 24.7. The van der Waals surface area contributed by atoms with Gasteiger partial charge in [-0.05, 0) is 25.7 Å². The monoisotopic (exact) mass is 1160 g/mol. The van der Waals surface area contributed by atoms with Crippen LogP contribution in [-0.2, 0) is 14.3 Å². The van der Waals surface area contributed by atoms with E-state index in [0.29, 0.717) is 25.9 Å². The molecule has 82 heavy (non-hydrogen) atoms. The molecule has 2 unspecified atom stereocenters. The number of carbonyl (C=O) groups excluding carboxylic acids is 2. The zero-order valence-electron chi connectivity index (χ0n) is 56.3. The number of ether oxygens (including phenoxy) is 1. The van der Waals surface area contributed by atoms with Crippen molar-refractivity contribution in [3.05, 3.63) is 0 Å². The standard InChI is InChI=1S/C76H151NO5/c1-3-5-7-9-11-13-15-17-19-21-23-33-36-40-44-48-52-56-60-64-68-74(79)73(72-78)77-75(80)69-65-61-57-53-49-45-41-37-34-31-29-27-25-24-26-28-30-32-35-39-43-47-51-55-59-63-67-71-82-76(81)70-66-62-58-54-50-46-42-38-22-20-18-16-14-12-10-8-6-4-2/h73-74,78-79H,3-72H2,1-2H3,(H,77,80). The zero-order valence-corrected chi connectivity index (χ0v) is 56.3. The second-order valence-electron chi connectivity index (χ2n) is 26.7. The molecule has 6 nitrogen and oxygen atoms in total. The lowest BCUT2D eigenvalue weighted by Crippen LogP contribution is -2.45. The third kappa shape index (κ3) is 68.0. The average Bonchev–Trinajstić information content (AvgIpc) is 3.48. The number of aliphatic hydroxyl groups excluding tert-OH is 2. The van der Waals surface area contributed by atoms with Gasteiger partial charge in [0.05, 0.1) is 25.4 Å². The van der Waals surface area contributed by atoms with Crippen LogP contribution in [0.5, 0.6) is 0 Å². The fourth-order valence-corrected chi connectivity index (χ4v) is 12.6. The molecule has 0 aliphatic rings. The molecule has 0 aromatic heterocycles. The van der Waals surface area contributed by atoms with Crippen LogP contribution in [0.15, 0.2) is 0 Å². The summed E-state index contributed by atoms with van der Waals surface area (Å²) in [5.74, 6) is -0.00241. The second-order valence-corrected chi connectivity index (χ2v) is 26.7. The first-order chi connectivity index (χ1) is 40.5. The van der Waals surface area contributed by atoms with E-state index in [-0.39, 0.29) is 18.5 Å². The van der Waals surface area contributed by atoms with Gasteiger partial charge in [0, 0.05) is 12.8 Å². The number of unbranched alkanes of at least 4 members (excludes halogenated alkanes) is 62. The molecule has 0 aromatic carbocycles. The third-order valence-electron chi connectivity index (χ3n) is 18.4. The fraction of sp³-hybridized carbons (Fsp3) is 0.974. The Kier molecular flexibility index (Phi) is 71.3. The first-order valence-electron chi connectivity index (χ1n) is 38.3. The van der Waals surface area contributed by atoms with Crippen LogP contribution in [0.3, 0.4) is 0 Å². The minimum Gasteiger partial charge on any atom is -0.466 e. The van der Waals surface area contributed by atoms with Gasteiger partial charge in [-0.15, -0.1) is 0 Å². The summed E-state index contributed by atoms with van der Waals surface area (Å²) in [5.41, 5.74) is 0. The van der Waals surface area contributed by atoms with Gasteiger partial charge in [0.15, 0.2) is 0 Å². The second kappa shape index (κ2) is 72.3. The van der Waals surface area contributed by atoms with Crippen molar-refractivity contribution in [3.63, 3.8) is 0 Å². The molecule has 3 N–H and O–H groups in total. The molecule has 0 radical (unpaired) electrons. The maximum absolute atomic E-state index is 12.6. The van der Waals surface area contributed by atoms with Crippen LogP contribution in [0.4, 0.5) is 0 Å². The topological polar surface area (TPSA) is 95.9 Å². The summed E-state index contributed by atoms with van der Waals surface area (Å²) in [7, 11) is 0. The van der Waals surface area contributed by atoms with Crippen LogP contribution in [0.1, 0.15) is 450 Å². The number of rotatable bonds is 73. The predicted octanol–water partition coefficient (Wildman–Crippen LogP) is 24.9. The minimum atomic E-state index is -0.662. The van der Waals surface area contributed by atoms with Gasteiger partial charge in [0.2, 0.25) is 5.91 Å². The van der Waals surface area contributed by atoms with Crippen LogP contribution >= 0.6 is 0 Å². The predicted molar refractivity (Wildman–Crippen MR) is 361 cm³/mol. The van der Waals surface area contributed by atoms with Crippen molar-refractivity contribution in [1.82, 2.24) is 5.32 Å². The van der Waals surface area contributed by atoms with E-state index in [2.05, 4.69) is 19.2 Å². The molecule has 0 bridgehead atoms. The Morgan fingerprint density at radius 2 is 0.500 bits per heavy atom. The van der Waals surface area contributed by atoms with E-state index in [4.69, 9.17) is 4.74 Å². The van der Waals surface area contributed by atoms with E-state index in [9.17, 15) is 19.8 Å². The summed E-state index contributed by atoms with van der Waals surface area (Å²) in [6.45, 7) is 5.02. The molecule has 0 aromatic rings. The van der Waals surface area contributed by atoms with Crippen molar-refractivity contribution >= 4 is 11.9 Å². The summed E-state index contributed by atoms with van der Waals surface area (Å²) >= 11 is 0. The summed E-state index contributed by atoms with van der Waals surface area (Å²) in [6.07, 6.45) is 88.9. The number of nitrogens with one attached hydrogen (secondary N) is 1. The third-order valence-corrected chi connectivity index (χ3v) is 18.4. The van der Waals surface area contributed by atoms with Crippen molar-refractivity contribution in [1.29, 1.82) is 0 Å². The van der Waals surface area contributed by atoms with Crippen LogP contribution in [0.25, 0.3) is 0 Å². The number of aliphatic hydroxyl groups is 2. The van der Waals surface area contributed by atoms with Gasteiger partial charge in [-0.1, -0.05) is 412 Å². The SMILES string of the molecule is CCCCCCCCCCCCCCCCCCCCCCC(O)C(CO)NC(=O)CCCCCCCCCCCCCCCCCCCCCCCCCCCCCOC(=O)CCCCCCCCCCCCCCCCCCCC. The van der Waals surface area contributed by atoms with Gasteiger partial charge >= 0.3 is 5.97 Å². The fourth-order valence-electron chi connectivity index (χ4n) is 12.6.